The number of halogens is 1. The quantitative estimate of drug-likeness (QED) is 0.299. The number of nitrogens with two attached hydrogens (primary N) is 1. The summed E-state index contributed by atoms with van der Waals surface area (Å²) in [4.78, 5) is 26.9. The van der Waals surface area contributed by atoms with Crippen LogP contribution in [0.25, 0.3) is 5.69 Å². The van der Waals surface area contributed by atoms with Gasteiger partial charge in [0.05, 0.1) is 33.0 Å². The van der Waals surface area contributed by atoms with E-state index in [0.717, 1.165) is 11.1 Å². The van der Waals surface area contributed by atoms with E-state index in [0.29, 0.717) is 42.8 Å². The van der Waals surface area contributed by atoms with Gasteiger partial charge in [-0.05, 0) is 42.8 Å². The van der Waals surface area contributed by atoms with E-state index in [1.165, 1.54) is 13.9 Å². The molecule has 0 bridgehead atoms. The Hall–Kier alpha value is -3.92. The van der Waals surface area contributed by atoms with Gasteiger partial charge < -0.3 is 21.9 Å². The van der Waals surface area contributed by atoms with Gasteiger partial charge >= 0.3 is 17.3 Å². The first-order valence-electron chi connectivity index (χ1n) is 10.9. The van der Waals surface area contributed by atoms with Gasteiger partial charge in [-0.1, -0.05) is 18.2 Å². The number of nitrogens with zero attached hydrogens (tertiary/aromatic N) is 4. The van der Waals surface area contributed by atoms with Gasteiger partial charge in [0.25, 0.3) is 0 Å². The van der Waals surface area contributed by atoms with E-state index < -0.39 is 17.0 Å². The predicted molar refractivity (Wildman–Crippen MR) is 127 cm³/mol. The van der Waals surface area contributed by atoms with E-state index in [4.69, 9.17) is 15.2 Å². The van der Waals surface area contributed by atoms with Crippen LogP contribution in [0.15, 0.2) is 69.8 Å². The summed E-state index contributed by atoms with van der Waals surface area (Å²) in [6.45, 7) is 3.06. The Morgan fingerprint density at radius 1 is 1.09 bits per heavy atom. The number of methoxy groups -OCH3 is 2. The minimum atomic E-state index is -0.998. The van der Waals surface area contributed by atoms with Crippen LogP contribution in [0, 0.1) is 0 Å². The third-order valence-electron chi connectivity index (χ3n) is 6.28. The molecule has 1 atom stereocenters. The number of fused-ring (bicyclic) bond motifs is 2. The number of guanidine groups is 1. The van der Waals surface area contributed by atoms with Crippen molar-refractivity contribution in [2.45, 2.75) is 25.7 Å². The fourth-order valence-electron chi connectivity index (χ4n) is 4.80. The summed E-state index contributed by atoms with van der Waals surface area (Å²) < 4.78 is 16.9. The third kappa shape index (κ3) is 3.89. The largest absolute Gasteiger partial charge is 1.00 e. The Morgan fingerprint density at radius 3 is 2.51 bits per heavy atom. The highest BCUT2D eigenvalue weighted by atomic mass is 35.5. The first-order chi connectivity index (χ1) is 16.4. The summed E-state index contributed by atoms with van der Waals surface area (Å²) in [5.74, 6) is 1.77. The van der Waals surface area contributed by atoms with E-state index in [-0.39, 0.29) is 12.4 Å². The van der Waals surface area contributed by atoms with E-state index >= 15 is 0 Å². The summed E-state index contributed by atoms with van der Waals surface area (Å²) in [5, 5.41) is 3.29. The van der Waals surface area contributed by atoms with Gasteiger partial charge in [-0.2, -0.15) is 4.68 Å². The molecule has 0 unspecified atom stereocenters. The van der Waals surface area contributed by atoms with Crippen LogP contribution in [0.4, 0.5) is 0 Å². The lowest BCUT2D eigenvalue weighted by Crippen LogP contribution is -3.00. The summed E-state index contributed by atoms with van der Waals surface area (Å²) in [7, 11) is 3.21. The van der Waals surface area contributed by atoms with Gasteiger partial charge in [-0.25, -0.2) is 24.2 Å². The molecule has 2 aliphatic heterocycles. The predicted octanol–water partition coefficient (Wildman–Crippen LogP) is -2.43. The summed E-state index contributed by atoms with van der Waals surface area (Å²) in [6.07, 6.45) is 1.97. The molecule has 1 spiro atoms. The first kappa shape index (κ1) is 24.2. The molecular weight excluding hydrogens is 472 g/mol. The van der Waals surface area contributed by atoms with E-state index in [1.54, 1.807) is 38.5 Å². The fourth-order valence-corrected chi connectivity index (χ4v) is 4.80. The van der Waals surface area contributed by atoms with Crippen LogP contribution in [-0.2, 0) is 18.8 Å². The highest BCUT2D eigenvalue weighted by molar-refractivity contribution is 5.75. The second-order valence-corrected chi connectivity index (χ2v) is 8.56. The molecular formula is C24H27ClN6O4. The van der Waals surface area contributed by atoms with Crippen molar-refractivity contribution in [2.24, 2.45) is 5.73 Å². The molecule has 5 rings (SSSR count). The second kappa shape index (κ2) is 9.03. The number of hydrogen-bond donors (Lipinski definition) is 2. The maximum atomic E-state index is 13.6. The minimum absolute atomic E-state index is 0. The van der Waals surface area contributed by atoms with Gasteiger partial charge in [0.1, 0.15) is 18.0 Å². The molecule has 1 aromatic heterocycles. The molecule has 0 aliphatic carbocycles. The number of hydrogen-bond acceptors (Lipinski definition) is 6. The van der Waals surface area contributed by atoms with Crippen molar-refractivity contribution in [3.05, 3.63) is 86.7 Å². The van der Waals surface area contributed by atoms with Crippen molar-refractivity contribution in [1.82, 2.24) is 19.2 Å². The Labute approximate surface area is 207 Å². The molecule has 2 aromatic carbocycles. The highest BCUT2D eigenvalue weighted by Gasteiger charge is 2.48. The van der Waals surface area contributed by atoms with Crippen LogP contribution in [0.3, 0.4) is 0 Å². The van der Waals surface area contributed by atoms with Gasteiger partial charge in [0, 0.05) is 11.6 Å². The molecule has 35 heavy (non-hydrogen) atoms. The SMILES string of the molecule is COc1ccc(C[N+]2=C(N)N[C@@]3(C=C(C)Cn4c(=O)n(-c5ccccc5)c(=O)n43)C2)c(OC)c1.[Cl-]. The molecule has 0 saturated carbocycles. The zero-order valence-electron chi connectivity index (χ0n) is 19.7. The molecule has 0 saturated heterocycles. The van der Waals surface area contributed by atoms with Crippen molar-refractivity contribution in [2.75, 3.05) is 20.8 Å². The van der Waals surface area contributed by atoms with Crippen LogP contribution < -0.4 is 44.3 Å². The second-order valence-electron chi connectivity index (χ2n) is 8.56. The number of rotatable bonds is 5. The topological polar surface area (TPSA) is 108 Å². The third-order valence-corrected chi connectivity index (χ3v) is 6.28. The lowest BCUT2D eigenvalue weighted by Gasteiger charge is -2.30. The van der Waals surface area contributed by atoms with Crippen molar-refractivity contribution in [3.63, 3.8) is 0 Å². The average molecular weight is 499 g/mol. The maximum Gasteiger partial charge on any atom is 0.355 e. The molecule has 2 aliphatic rings. The monoisotopic (exact) mass is 498 g/mol. The van der Waals surface area contributed by atoms with Crippen LogP contribution in [-0.4, -0.2) is 45.2 Å². The van der Waals surface area contributed by atoms with Crippen molar-refractivity contribution in [3.8, 4) is 17.2 Å². The number of benzene rings is 2. The minimum Gasteiger partial charge on any atom is -1.00 e. The zero-order valence-corrected chi connectivity index (χ0v) is 20.5. The standard InChI is InChI=1S/C24H26N6O4.ClH/c1-16-12-24(30-23(32)29(22(31)28(30)13-16)18-7-5-4-6-8-18)15-27(21(25)26-24)14-17-9-10-19(33-2)11-20(17)34-3;/h4-12H,13-15H2,1-3H3,(H2,25,26);1H/t24-;/m1./s1. The summed E-state index contributed by atoms with van der Waals surface area (Å²) in [5.41, 5.74) is 6.99. The van der Waals surface area contributed by atoms with E-state index in [9.17, 15) is 9.59 Å². The summed E-state index contributed by atoms with van der Waals surface area (Å²) >= 11 is 0. The Kier molecular flexibility index (Phi) is 6.25. The van der Waals surface area contributed by atoms with Crippen LogP contribution >= 0.6 is 0 Å². The fraction of sp³-hybridized carbons (Fsp3) is 0.292. The van der Waals surface area contributed by atoms with Gasteiger partial charge in [-0.3, -0.25) is 10.3 Å². The van der Waals surface area contributed by atoms with Crippen LogP contribution in [0.1, 0.15) is 12.5 Å². The number of ether oxygens (including phenoxy) is 2. The molecule has 11 heteroatoms. The molecule has 0 radical (unpaired) electrons. The number of para-hydroxylation sites is 1. The Morgan fingerprint density at radius 2 is 1.83 bits per heavy atom. The van der Waals surface area contributed by atoms with E-state index in [1.807, 2.05) is 41.8 Å². The average Bonchev–Trinajstić information content (AvgIpc) is 3.27. The lowest BCUT2D eigenvalue weighted by atomic mass is 10.1. The van der Waals surface area contributed by atoms with Crippen molar-refractivity contribution < 1.29 is 26.5 Å². The first-order valence-corrected chi connectivity index (χ1v) is 10.9. The normalized spacial score (nSPS) is 18.5. The maximum absolute atomic E-state index is 13.6. The Balaban J connectivity index is 0.00000289. The molecule has 0 fully saturated rings. The van der Waals surface area contributed by atoms with Crippen molar-refractivity contribution >= 4 is 5.96 Å². The molecule has 3 N–H and O–H groups in total. The lowest BCUT2D eigenvalue weighted by molar-refractivity contribution is -0.544. The molecule has 3 heterocycles. The van der Waals surface area contributed by atoms with Gasteiger partial charge in [-0.15, -0.1) is 0 Å². The Bertz CT molecular complexity index is 1450. The van der Waals surface area contributed by atoms with Gasteiger partial charge in [0.15, 0.2) is 0 Å². The van der Waals surface area contributed by atoms with Crippen LogP contribution in [0.2, 0.25) is 0 Å². The van der Waals surface area contributed by atoms with Gasteiger partial charge in [0.2, 0.25) is 5.66 Å². The molecule has 10 nitrogen and oxygen atoms in total. The van der Waals surface area contributed by atoms with Crippen molar-refractivity contribution in [1.29, 1.82) is 0 Å². The summed E-state index contributed by atoms with van der Waals surface area (Å²) in [6, 6.07) is 14.5. The number of nitrogens with one attached hydrogen (secondary N) is 1. The highest BCUT2D eigenvalue weighted by Crippen LogP contribution is 2.28. The van der Waals surface area contributed by atoms with E-state index in [2.05, 4.69) is 5.32 Å². The number of allylic oxidation sites excluding steroid dienone is 1. The van der Waals surface area contributed by atoms with Crippen LogP contribution in [0.5, 0.6) is 11.5 Å². The molecule has 184 valence electrons. The smallest absolute Gasteiger partial charge is 0.355 e. The number of aromatic nitrogens is 3. The molecule has 0 amide bonds. The zero-order chi connectivity index (χ0) is 24.0. The molecule has 3 aromatic rings.